The predicted molar refractivity (Wildman–Crippen MR) is 128 cm³/mol. The molecule has 0 radical (unpaired) electrons. The highest BCUT2D eigenvalue weighted by Crippen LogP contribution is 2.19. The fraction of sp³-hybridized carbons (Fsp3) is 0.154. The molecule has 0 aliphatic carbocycles. The number of carbonyl (C=O) groups excluding carboxylic acids is 1. The summed E-state index contributed by atoms with van der Waals surface area (Å²) in [4.78, 5) is 29.7. The summed E-state index contributed by atoms with van der Waals surface area (Å²) in [5.74, 6) is -0.0527. The van der Waals surface area contributed by atoms with Crippen molar-refractivity contribution in [3.8, 4) is 0 Å². The van der Waals surface area contributed by atoms with E-state index in [1.54, 1.807) is 21.8 Å². The molecule has 0 atom stereocenters. The van der Waals surface area contributed by atoms with E-state index >= 15 is 0 Å². The summed E-state index contributed by atoms with van der Waals surface area (Å²) in [5.41, 5.74) is 2.41. The van der Waals surface area contributed by atoms with Gasteiger partial charge in [-0.25, -0.2) is 9.67 Å². The lowest BCUT2D eigenvalue weighted by molar-refractivity contribution is -0.120. The number of hydrogen-bond donors (Lipinski definition) is 1. The molecule has 0 bridgehead atoms. The number of benzene rings is 3. The maximum Gasteiger partial charge on any atom is 0.264 e. The van der Waals surface area contributed by atoms with E-state index in [0.717, 1.165) is 21.9 Å². The quantitative estimate of drug-likeness (QED) is 0.424. The molecular weight excluding hydrogens is 414 g/mol. The minimum atomic E-state index is -0.132. The van der Waals surface area contributed by atoms with Crippen LogP contribution in [0, 0.1) is 0 Å². The molecule has 3 aromatic carbocycles. The summed E-state index contributed by atoms with van der Waals surface area (Å²) in [6, 6.07) is 23.8. The molecule has 1 amide bonds. The van der Waals surface area contributed by atoms with Crippen molar-refractivity contribution in [2.75, 3.05) is 6.54 Å². The van der Waals surface area contributed by atoms with Crippen LogP contribution < -0.4 is 10.9 Å². The number of nitrogens with one attached hydrogen (secondary N) is 1. The van der Waals surface area contributed by atoms with Gasteiger partial charge >= 0.3 is 0 Å². The molecule has 164 valence electrons. The largest absolute Gasteiger partial charge is 0.354 e. The summed E-state index contributed by atoms with van der Waals surface area (Å²) >= 11 is 0. The second kappa shape index (κ2) is 9.08. The fourth-order valence-corrected chi connectivity index (χ4v) is 4.03. The van der Waals surface area contributed by atoms with Crippen molar-refractivity contribution in [2.24, 2.45) is 0 Å². The molecule has 1 N–H and O–H groups in total. The fourth-order valence-electron chi connectivity index (χ4n) is 4.03. The first-order chi connectivity index (χ1) is 16.2. The monoisotopic (exact) mass is 437 g/mol. The topological polar surface area (TPSA) is 81.8 Å². The maximum atomic E-state index is 13.1. The zero-order valence-corrected chi connectivity index (χ0v) is 18.0. The van der Waals surface area contributed by atoms with Gasteiger partial charge in [-0.05, 0) is 21.9 Å². The highest BCUT2D eigenvalue weighted by Gasteiger charge is 2.12. The van der Waals surface area contributed by atoms with Crippen LogP contribution in [-0.2, 0) is 24.3 Å². The average Bonchev–Trinajstić information content (AvgIpc) is 3.25. The van der Waals surface area contributed by atoms with E-state index in [1.807, 2.05) is 54.6 Å². The lowest BCUT2D eigenvalue weighted by atomic mass is 10.0. The molecule has 7 nitrogen and oxygen atoms in total. The number of hydrogen-bond acceptors (Lipinski definition) is 4. The molecule has 0 fully saturated rings. The Morgan fingerprint density at radius 1 is 0.909 bits per heavy atom. The van der Waals surface area contributed by atoms with Crippen LogP contribution in [-0.4, -0.2) is 31.8 Å². The lowest BCUT2D eigenvalue weighted by Crippen LogP contribution is -2.29. The van der Waals surface area contributed by atoms with Crippen LogP contribution >= 0.6 is 0 Å². The summed E-state index contributed by atoms with van der Waals surface area (Å²) in [6.07, 6.45) is 3.45. The summed E-state index contributed by atoms with van der Waals surface area (Å²) in [6.45, 7) is 1.27. The van der Waals surface area contributed by atoms with Gasteiger partial charge in [0.15, 0.2) is 5.65 Å². The molecule has 33 heavy (non-hydrogen) atoms. The van der Waals surface area contributed by atoms with Gasteiger partial charge in [0.1, 0.15) is 11.7 Å². The van der Waals surface area contributed by atoms with E-state index < -0.39 is 0 Å². The standard InChI is InChI=1S/C26H23N5O2/c32-24(15-19-7-2-1-3-8-19)27-13-14-31-25-23(16-29-31)26(33)30(18-28-25)17-21-11-6-10-20-9-4-5-12-22(20)21/h1-12,16,18H,13-15,17H2,(H,27,32). The van der Waals surface area contributed by atoms with Crippen molar-refractivity contribution < 1.29 is 4.79 Å². The number of rotatable bonds is 7. The summed E-state index contributed by atoms with van der Waals surface area (Å²) < 4.78 is 3.26. The first kappa shape index (κ1) is 20.6. The van der Waals surface area contributed by atoms with Gasteiger partial charge in [0.25, 0.3) is 5.56 Å². The van der Waals surface area contributed by atoms with Crippen LogP contribution in [0.5, 0.6) is 0 Å². The van der Waals surface area contributed by atoms with Crippen molar-refractivity contribution in [2.45, 2.75) is 19.5 Å². The highest BCUT2D eigenvalue weighted by atomic mass is 16.1. The van der Waals surface area contributed by atoms with Gasteiger partial charge in [-0.1, -0.05) is 72.8 Å². The van der Waals surface area contributed by atoms with Crippen LogP contribution in [0.1, 0.15) is 11.1 Å². The molecule has 5 aromatic rings. The first-order valence-electron chi connectivity index (χ1n) is 10.9. The molecule has 0 aliphatic heterocycles. The van der Waals surface area contributed by atoms with Gasteiger partial charge in [-0.15, -0.1) is 0 Å². The number of fused-ring (bicyclic) bond motifs is 2. The van der Waals surface area contributed by atoms with Gasteiger partial charge in [0.2, 0.25) is 5.91 Å². The second-order valence-corrected chi connectivity index (χ2v) is 7.93. The van der Waals surface area contributed by atoms with Gasteiger partial charge in [0.05, 0.1) is 25.7 Å². The molecule has 0 spiro atoms. The highest BCUT2D eigenvalue weighted by molar-refractivity contribution is 5.85. The predicted octanol–water partition coefficient (Wildman–Crippen LogP) is 3.15. The Bertz CT molecular complexity index is 1480. The van der Waals surface area contributed by atoms with Crippen LogP contribution in [0.4, 0.5) is 0 Å². The van der Waals surface area contributed by atoms with Crippen LogP contribution in [0.2, 0.25) is 0 Å². The maximum absolute atomic E-state index is 13.1. The SMILES string of the molecule is O=C(Cc1ccccc1)NCCn1ncc2c(=O)n(Cc3cccc4ccccc34)cnc21. The number of amides is 1. The van der Waals surface area contributed by atoms with Crippen molar-refractivity contribution in [3.05, 3.63) is 107 Å². The number of nitrogens with zero attached hydrogens (tertiary/aromatic N) is 4. The van der Waals surface area contributed by atoms with Gasteiger partial charge in [0, 0.05) is 6.54 Å². The van der Waals surface area contributed by atoms with Crippen LogP contribution in [0.3, 0.4) is 0 Å². The minimum Gasteiger partial charge on any atom is -0.354 e. The molecule has 5 rings (SSSR count). The molecule has 0 saturated heterocycles. The average molecular weight is 438 g/mol. The molecule has 0 unspecified atom stereocenters. The molecule has 0 aliphatic rings. The van der Waals surface area contributed by atoms with E-state index in [-0.39, 0.29) is 11.5 Å². The molecule has 0 saturated carbocycles. The minimum absolute atomic E-state index is 0.0527. The third-order valence-electron chi connectivity index (χ3n) is 5.70. The van der Waals surface area contributed by atoms with E-state index in [1.165, 1.54) is 0 Å². The van der Waals surface area contributed by atoms with E-state index in [2.05, 4.69) is 33.6 Å². The third-order valence-corrected chi connectivity index (χ3v) is 5.70. The van der Waals surface area contributed by atoms with Gasteiger partial charge < -0.3 is 5.32 Å². The Balaban J connectivity index is 1.29. The van der Waals surface area contributed by atoms with Gasteiger partial charge in [-0.2, -0.15) is 5.10 Å². The van der Waals surface area contributed by atoms with Crippen molar-refractivity contribution >= 4 is 27.7 Å². The van der Waals surface area contributed by atoms with E-state index in [0.29, 0.717) is 37.1 Å². The first-order valence-corrected chi connectivity index (χ1v) is 10.9. The van der Waals surface area contributed by atoms with Crippen LogP contribution in [0.25, 0.3) is 21.8 Å². The van der Waals surface area contributed by atoms with E-state index in [9.17, 15) is 9.59 Å². The summed E-state index contributed by atoms with van der Waals surface area (Å²) in [7, 11) is 0. The second-order valence-electron chi connectivity index (χ2n) is 7.93. The molecule has 2 aromatic heterocycles. The van der Waals surface area contributed by atoms with Crippen molar-refractivity contribution in [1.82, 2.24) is 24.6 Å². The molecule has 7 heteroatoms. The molecule has 2 heterocycles. The lowest BCUT2D eigenvalue weighted by Gasteiger charge is -2.09. The smallest absolute Gasteiger partial charge is 0.264 e. The Morgan fingerprint density at radius 2 is 1.70 bits per heavy atom. The Kier molecular flexibility index (Phi) is 5.68. The number of aromatic nitrogens is 4. The van der Waals surface area contributed by atoms with E-state index in [4.69, 9.17) is 0 Å². The van der Waals surface area contributed by atoms with Crippen LogP contribution in [0.15, 0.2) is 90.1 Å². The van der Waals surface area contributed by atoms with Crippen molar-refractivity contribution in [1.29, 1.82) is 0 Å². The Hall–Kier alpha value is -4.26. The molecular formula is C26H23N5O2. The van der Waals surface area contributed by atoms with Gasteiger partial charge in [-0.3, -0.25) is 14.2 Å². The number of carbonyl (C=O) groups is 1. The Morgan fingerprint density at radius 3 is 2.58 bits per heavy atom. The summed E-state index contributed by atoms with van der Waals surface area (Å²) in [5, 5.41) is 9.95. The van der Waals surface area contributed by atoms with Crippen molar-refractivity contribution in [3.63, 3.8) is 0 Å². The zero-order valence-electron chi connectivity index (χ0n) is 18.0. The third kappa shape index (κ3) is 4.39. The Labute approximate surface area is 190 Å². The zero-order chi connectivity index (χ0) is 22.6. The normalized spacial score (nSPS) is 11.2.